The molecule has 0 radical (unpaired) electrons. The number of rotatable bonds is 4. The molecule has 1 heterocycles. The molecule has 112 valence electrons. The molecule has 0 bridgehead atoms. The van der Waals surface area contributed by atoms with E-state index in [0.717, 1.165) is 50.8 Å². The summed E-state index contributed by atoms with van der Waals surface area (Å²) in [6.45, 7) is 1.80. The molecule has 5 heteroatoms. The SMILES string of the molecule is O=C1CCCC1C1CCCN1Cc1ccc([N+](=O)[O-])cc1. The quantitative estimate of drug-likeness (QED) is 0.631. The standard InChI is InChI=1S/C16H20N2O3/c19-16-5-1-3-14(16)15-4-2-10-17(15)11-12-6-8-13(9-7-12)18(20)21/h6-9,14-15H,1-5,10-11H2. The van der Waals surface area contributed by atoms with Crippen LogP contribution < -0.4 is 0 Å². The van der Waals surface area contributed by atoms with Crippen LogP contribution in [-0.2, 0) is 11.3 Å². The zero-order chi connectivity index (χ0) is 14.8. The van der Waals surface area contributed by atoms with E-state index in [-0.39, 0.29) is 16.5 Å². The van der Waals surface area contributed by atoms with Gasteiger partial charge in [-0.05, 0) is 37.8 Å². The second kappa shape index (κ2) is 5.93. The monoisotopic (exact) mass is 288 g/mol. The lowest BCUT2D eigenvalue weighted by atomic mass is 9.95. The van der Waals surface area contributed by atoms with Gasteiger partial charge in [0, 0.05) is 37.1 Å². The van der Waals surface area contributed by atoms with Crippen molar-refractivity contribution in [2.45, 2.75) is 44.7 Å². The fourth-order valence-corrected chi connectivity index (χ4v) is 3.71. The third-order valence-corrected chi connectivity index (χ3v) is 4.76. The molecule has 0 spiro atoms. The average Bonchev–Trinajstić information content (AvgIpc) is 3.08. The summed E-state index contributed by atoms with van der Waals surface area (Å²) in [5, 5.41) is 10.7. The summed E-state index contributed by atoms with van der Waals surface area (Å²) in [5.74, 6) is 0.640. The highest BCUT2D eigenvalue weighted by Crippen LogP contribution is 2.34. The number of benzene rings is 1. The Kier molecular flexibility index (Phi) is 4.01. The van der Waals surface area contributed by atoms with E-state index in [9.17, 15) is 14.9 Å². The van der Waals surface area contributed by atoms with Crippen molar-refractivity contribution in [2.24, 2.45) is 5.92 Å². The second-order valence-corrected chi connectivity index (χ2v) is 6.07. The number of likely N-dealkylation sites (tertiary alicyclic amines) is 1. The predicted molar refractivity (Wildman–Crippen MR) is 78.9 cm³/mol. The number of nitrogens with zero attached hydrogens (tertiary/aromatic N) is 2. The van der Waals surface area contributed by atoms with Crippen molar-refractivity contribution in [3.8, 4) is 0 Å². The molecule has 1 aromatic carbocycles. The van der Waals surface area contributed by atoms with E-state index in [1.165, 1.54) is 0 Å². The van der Waals surface area contributed by atoms with Gasteiger partial charge in [0.25, 0.3) is 5.69 Å². The fourth-order valence-electron chi connectivity index (χ4n) is 3.71. The van der Waals surface area contributed by atoms with Crippen molar-refractivity contribution in [3.63, 3.8) is 0 Å². The van der Waals surface area contributed by atoms with E-state index >= 15 is 0 Å². The Labute approximate surface area is 124 Å². The zero-order valence-electron chi connectivity index (χ0n) is 12.0. The first kappa shape index (κ1) is 14.2. The number of hydrogen-bond donors (Lipinski definition) is 0. The number of carbonyl (C=O) groups excluding carboxylic acids is 1. The van der Waals surface area contributed by atoms with Crippen LogP contribution in [0.1, 0.15) is 37.7 Å². The Morgan fingerprint density at radius 2 is 1.95 bits per heavy atom. The molecule has 1 saturated carbocycles. The van der Waals surface area contributed by atoms with Gasteiger partial charge in [0.1, 0.15) is 5.78 Å². The number of ketones is 1. The first-order valence-corrected chi connectivity index (χ1v) is 7.65. The van der Waals surface area contributed by atoms with Crippen molar-refractivity contribution >= 4 is 11.5 Å². The number of Topliss-reactive ketones (excluding diaryl/α,β-unsaturated/α-hetero) is 1. The number of non-ortho nitro benzene ring substituents is 1. The normalized spacial score (nSPS) is 26.4. The molecule has 1 aliphatic heterocycles. The zero-order valence-corrected chi connectivity index (χ0v) is 12.0. The van der Waals surface area contributed by atoms with Crippen LogP contribution in [0.3, 0.4) is 0 Å². The molecule has 3 rings (SSSR count). The smallest absolute Gasteiger partial charge is 0.269 e. The number of hydrogen-bond acceptors (Lipinski definition) is 4. The second-order valence-electron chi connectivity index (χ2n) is 6.07. The Morgan fingerprint density at radius 1 is 1.19 bits per heavy atom. The summed E-state index contributed by atoms with van der Waals surface area (Å²) in [5.41, 5.74) is 1.21. The third kappa shape index (κ3) is 2.97. The molecule has 2 atom stereocenters. The highest BCUT2D eigenvalue weighted by molar-refractivity contribution is 5.83. The molecular formula is C16H20N2O3. The lowest BCUT2D eigenvalue weighted by molar-refractivity contribution is -0.384. The van der Waals surface area contributed by atoms with Gasteiger partial charge in [0.2, 0.25) is 0 Å². The Balaban J connectivity index is 1.68. The topological polar surface area (TPSA) is 63.5 Å². The van der Waals surface area contributed by atoms with Crippen molar-refractivity contribution in [1.29, 1.82) is 0 Å². The lowest BCUT2D eigenvalue weighted by Crippen LogP contribution is -2.36. The first-order chi connectivity index (χ1) is 10.1. The minimum Gasteiger partial charge on any atom is -0.299 e. The summed E-state index contributed by atoms with van der Waals surface area (Å²) in [6.07, 6.45) is 5.04. The van der Waals surface area contributed by atoms with Crippen LogP contribution in [0.5, 0.6) is 0 Å². The maximum absolute atomic E-state index is 12.0. The van der Waals surface area contributed by atoms with E-state index in [0.29, 0.717) is 11.8 Å². The lowest BCUT2D eigenvalue weighted by Gasteiger charge is -2.28. The molecule has 2 aliphatic rings. The minimum absolute atomic E-state index is 0.127. The van der Waals surface area contributed by atoms with Crippen molar-refractivity contribution in [1.82, 2.24) is 4.90 Å². The molecule has 0 amide bonds. The molecule has 2 unspecified atom stereocenters. The molecule has 5 nitrogen and oxygen atoms in total. The van der Waals surface area contributed by atoms with Crippen LogP contribution in [0.25, 0.3) is 0 Å². The average molecular weight is 288 g/mol. The van der Waals surface area contributed by atoms with Gasteiger partial charge >= 0.3 is 0 Å². The van der Waals surface area contributed by atoms with Crippen LogP contribution in [0.4, 0.5) is 5.69 Å². The van der Waals surface area contributed by atoms with Crippen LogP contribution >= 0.6 is 0 Å². The maximum atomic E-state index is 12.0. The fraction of sp³-hybridized carbons (Fsp3) is 0.562. The summed E-state index contributed by atoms with van der Waals surface area (Å²) in [4.78, 5) is 24.7. The van der Waals surface area contributed by atoms with Gasteiger partial charge in [-0.25, -0.2) is 0 Å². The van der Waals surface area contributed by atoms with Gasteiger partial charge in [-0.1, -0.05) is 12.1 Å². The summed E-state index contributed by atoms with van der Waals surface area (Å²) in [6, 6.07) is 7.13. The highest BCUT2D eigenvalue weighted by Gasteiger charge is 2.37. The Bertz CT molecular complexity index is 541. The molecule has 1 aliphatic carbocycles. The Morgan fingerprint density at radius 3 is 2.57 bits per heavy atom. The molecule has 2 fully saturated rings. The van der Waals surface area contributed by atoms with Crippen molar-refractivity contribution in [2.75, 3.05) is 6.54 Å². The molecular weight excluding hydrogens is 268 g/mol. The highest BCUT2D eigenvalue weighted by atomic mass is 16.6. The van der Waals surface area contributed by atoms with E-state index in [2.05, 4.69) is 4.90 Å². The largest absolute Gasteiger partial charge is 0.299 e. The van der Waals surface area contributed by atoms with E-state index in [4.69, 9.17) is 0 Å². The van der Waals surface area contributed by atoms with Gasteiger partial charge in [-0.15, -0.1) is 0 Å². The molecule has 1 aromatic rings. The number of nitro groups is 1. The predicted octanol–water partition coefficient (Wildman–Crippen LogP) is 2.93. The van der Waals surface area contributed by atoms with Gasteiger partial charge in [-0.2, -0.15) is 0 Å². The van der Waals surface area contributed by atoms with Crippen LogP contribution in [0.2, 0.25) is 0 Å². The van der Waals surface area contributed by atoms with E-state index in [1.807, 2.05) is 12.1 Å². The first-order valence-electron chi connectivity index (χ1n) is 7.65. The number of carbonyl (C=O) groups is 1. The molecule has 0 N–H and O–H groups in total. The summed E-state index contributed by atoms with van der Waals surface area (Å²) >= 11 is 0. The van der Waals surface area contributed by atoms with E-state index in [1.54, 1.807) is 12.1 Å². The molecule has 21 heavy (non-hydrogen) atoms. The minimum atomic E-state index is -0.375. The molecule has 1 saturated heterocycles. The van der Waals surface area contributed by atoms with Gasteiger partial charge < -0.3 is 0 Å². The van der Waals surface area contributed by atoms with Gasteiger partial charge in [0.15, 0.2) is 0 Å². The van der Waals surface area contributed by atoms with Gasteiger partial charge in [-0.3, -0.25) is 19.8 Å². The van der Waals surface area contributed by atoms with E-state index < -0.39 is 0 Å². The van der Waals surface area contributed by atoms with Gasteiger partial charge in [0.05, 0.1) is 4.92 Å². The molecule has 0 aromatic heterocycles. The van der Waals surface area contributed by atoms with Crippen molar-refractivity contribution in [3.05, 3.63) is 39.9 Å². The van der Waals surface area contributed by atoms with Crippen molar-refractivity contribution < 1.29 is 9.72 Å². The third-order valence-electron chi connectivity index (χ3n) is 4.76. The summed E-state index contributed by atoms with van der Waals surface area (Å²) in [7, 11) is 0. The Hall–Kier alpha value is -1.75. The van der Waals surface area contributed by atoms with Crippen LogP contribution in [0.15, 0.2) is 24.3 Å². The maximum Gasteiger partial charge on any atom is 0.269 e. The van der Waals surface area contributed by atoms with Crippen LogP contribution in [0, 0.1) is 16.0 Å². The number of nitro benzene ring substituents is 1. The summed E-state index contributed by atoms with van der Waals surface area (Å²) < 4.78 is 0. The van der Waals surface area contributed by atoms with Crippen LogP contribution in [-0.4, -0.2) is 28.2 Å².